The van der Waals surface area contributed by atoms with Crippen LogP contribution in [0.5, 0.6) is 0 Å². The molecule has 1 N–H and O–H groups in total. The maximum absolute atomic E-state index is 10.5. The molecule has 1 aromatic rings. The van der Waals surface area contributed by atoms with Gasteiger partial charge in [0.25, 0.3) is 0 Å². The molecule has 1 fully saturated rings. The molecule has 0 saturated carbocycles. The summed E-state index contributed by atoms with van der Waals surface area (Å²) in [6.07, 6.45) is 6.60. The van der Waals surface area contributed by atoms with E-state index in [1.54, 1.807) is 6.33 Å². The first-order chi connectivity index (χ1) is 6.40. The van der Waals surface area contributed by atoms with Crippen molar-refractivity contribution in [3.63, 3.8) is 0 Å². The van der Waals surface area contributed by atoms with Gasteiger partial charge in [-0.15, -0.1) is 0 Å². The Morgan fingerprint density at radius 3 is 2.85 bits per heavy atom. The number of nitrogens with zero attached hydrogens (tertiary/aromatic N) is 2. The molecule has 0 aromatic carbocycles. The summed E-state index contributed by atoms with van der Waals surface area (Å²) in [7, 11) is 0. The summed E-state index contributed by atoms with van der Waals surface area (Å²) < 4.78 is 0. The van der Waals surface area contributed by atoms with Crippen molar-refractivity contribution in [2.45, 2.75) is 18.8 Å². The summed E-state index contributed by atoms with van der Waals surface area (Å²) in [5.41, 5.74) is 1.20. The minimum atomic E-state index is 0.554. The fraction of sp³-hybridized carbons (Fsp3) is 0.556. The standard InChI is InChI=1S/C9H13N3O/c13-7-12-3-1-8(2-4-12)9-5-10-6-11-9/h5-8H,1-4H2,(H,10,11). The summed E-state index contributed by atoms with van der Waals surface area (Å²) >= 11 is 0. The molecule has 0 radical (unpaired) electrons. The Bertz CT molecular complexity index is 262. The quantitative estimate of drug-likeness (QED) is 0.681. The van der Waals surface area contributed by atoms with E-state index < -0.39 is 0 Å². The van der Waals surface area contributed by atoms with Crippen LogP contribution < -0.4 is 0 Å². The molecule has 13 heavy (non-hydrogen) atoms. The lowest BCUT2D eigenvalue weighted by Crippen LogP contribution is -2.31. The molecule has 0 unspecified atom stereocenters. The van der Waals surface area contributed by atoms with Crippen LogP contribution in [0.15, 0.2) is 12.5 Å². The summed E-state index contributed by atoms with van der Waals surface area (Å²) in [5.74, 6) is 0.554. The van der Waals surface area contributed by atoms with Crippen LogP contribution in [0.2, 0.25) is 0 Å². The van der Waals surface area contributed by atoms with Crippen LogP contribution in [0.25, 0.3) is 0 Å². The second-order valence-electron chi connectivity index (χ2n) is 3.42. The van der Waals surface area contributed by atoms with Crippen molar-refractivity contribution in [2.75, 3.05) is 13.1 Å². The van der Waals surface area contributed by atoms with E-state index >= 15 is 0 Å². The van der Waals surface area contributed by atoms with Crippen molar-refractivity contribution < 1.29 is 4.79 Å². The molecule has 4 nitrogen and oxygen atoms in total. The molecule has 0 bridgehead atoms. The Kier molecular flexibility index (Phi) is 2.29. The topological polar surface area (TPSA) is 49.0 Å². The van der Waals surface area contributed by atoms with Gasteiger partial charge >= 0.3 is 0 Å². The fourth-order valence-corrected chi connectivity index (χ4v) is 1.81. The predicted octanol–water partition coefficient (Wildman–Crippen LogP) is 0.746. The third kappa shape index (κ3) is 1.71. The molecule has 1 aromatic heterocycles. The first kappa shape index (κ1) is 8.29. The van der Waals surface area contributed by atoms with Crippen molar-refractivity contribution in [3.05, 3.63) is 18.2 Å². The number of imidazole rings is 1. The molecule has 1 aliphatic heterocycles. The van der Waals surface area contributed by atoms with E-state index in [0.717, 1.165) is 32.3 Å². The number of aromatic nitrogens is 2. The monoisotopic (exact) mass is 179 g/mol. The van der Waals surface area contributed by atoms with E-state index in [0.29, 0.717) is 5.92 Å². The molecule has 1 amide bonds. The molecule has 1 saturated heterocycles. The second-order valence-corrected chi connectivity index (χ2v) is 3.42. The Hall–Kier alpha value is -1.32. The van der Waals surface area contributed by atoms with E-state index in [2.05, 4.69) is 9.97 Å². The number of amides is 1. The minimum Gasteiger partial charge on any atom is -0.348 e. The molecular formula is C9H13N3O. The lowest BCUT2D eigenvalue weighted by molar-refractivity contribution is -0.119. The van der Waals surface area contributed by atoms with Gasteiger partial charge in [0.05, 0.1) is 6.33 Å². The Morgan fingerprint density at radius 2 is 2.31 bits per heavy atom. The number of nitrogens with one attached hydrogen (secondary N) is 1. The summed E-state index contributed by atoms with van der Waals surface area (Å²) in [6, 6.07) is 0. The van der Waals surface area contributed by atoms with Crippen molar-refractivity contribution in [1.29, 1.82) is 0 Å². The summed E-state index contributed by atoms with van der Waals surface area (Å²) in [4.78, 5) is 19.4. The zero-order valence-corrected chi connectivity index (χ0v) is 7.44. The molecule has 1 aliphatic rings. The van der Waals surface area contributed by atoms with Crippen molar-refractivity contribution in [1.82, 2.24) is 14.9 Å². The first-order valence-electron chi connectivity index (χ1n) is 4.58. The molecule has 4 heteroatoms. The maximum atomic E-state index is 10.5. The molecule has 0 aliphatic carbocycles. The molecular weight excluding hydrogens is 166 g/mol. The number of carbonyl (C=O) groups excluding carboxylic acids is 1. The third-order valence-electron chi connectivity index (χ3n) is 2.64. The molecule has 0 spiro atoms. The van der Waals surface area contributed by atoms with Gasteiger partial charge in [0, 0.05) is 30.9 Å². The number of aromatic amines is 1. The molecule has 2 rings (SSSR count). The van der Waals surface area contributed by atoms with Gasteiger partial charge in [-0.05, 0) is 12.8 Å². The largest absolute Gasteiger partial charge is 0.348 e. The normalized spacial score (nSPS) is 18.9. The highest BCUT2D eigenvalue weighted by molar-refractivity contribution is 5.47. The van der Waals surface area contributed by atoms with Crippen LogP contribution in [-0.2, 0) is 4.79 Å². The van der Waals surface area contributed by atoms with E-state index in [1.165, 1.54) is 5.69 Å². The highest BCUT2D eigenvalue weighted by Crippen LogP contribution is 2.25. The Morgan fingerprint density at radius 1 is 1.54 bits per heavy atom. The van der Waals surface area contributed by atoms with Gasteiger partial charge in [-0.3, -0.25) is 4.79 Å². The van der Waals surface area contributed by atoms with Crippen molar-refractivity contribution >= 4 is 6.41 Å². The molecule has 70 valence electrons. The van der Waals surface area contributed by atoms with Crippen LogP contribution in [0.3, 0.4) is 0 Å². The van der Waals surface area contributed by atoms with E-state index in [-0.39, 0.29) is 0 Å². The third-order valence-corrected chi connectivity index (χ3v) is 2.64. The maximum Gasteiger partial charge on any atom is 0.209 e. The lowest BCUT2D eigenvalue weighted by atomic mass is 9.94. The van der Waals surface area contributed by atoms with Gasteiger partial charge in [-0.1, -0.05) is 0 Å². The van der Waals surface area contributed by atoms with Gasteiger partial charge in [0.2, 0.25) is 6.41 Å². The van der Waals surface area contributed by atoms with Gasteiger partial charge in [-0.25, -0.2) is 4.98 Å². The van der Waals surface area contributed by atoms with Gasteiger partial charge in [0.15, 0.2) is 0 Å². The Labute approximate surface area is 77.0 Å². The van der Waals surface area contributed by atoms with Crippen molar-refractivity contribution in [3.8, 4) is 0 Å². The van der Waals surface area contributed by atoms with Gasteiger partial charge < -0.3 is 9.88 Å². The van der Waals surface area contributed by atoms with Crippen LogP contribution >= 0.6 is 0 Å². The number of hydrogen-bond donors (Lipinski definition) is 1. The zero-order valence-electron chi connectivity index (χ0n) is 7.44. The van der Waals surface area contributed by atoms with Gasteiger partial charge in [0.1, 0.15) is 0 Å². The highest BCUT2D eigenvalue weighted by atomic mass is 16.1. The highest BCUT2D eigenvalue weighted by Gasteiger charge is 2.19. The number of rotatable bonds is 2. The number of likely N-dealkylation sites (tertiary alicyclic amines) is 1. The smallest absolute Gasteiger partial charge is 0.209 e. The first-order valence-corrected chi connectivity index (χ1v) is 4.58. The Balaban J connectivity index is 1.95. The lowest BCUT2D eigenvalue weighted by Gasteiger charge is -2.28. The minimum absolute atomic E-state index is 0.554. The zero-order chi connectivity index (χ0) is 9.10. The van der Waals surface area contributed by atoms with Crippen LogP contribution in [0, 0.1) is 0 Å². The van der Waals surface area contributed by atoms with E-state index in [9.17, 15) is 4.79 Å². The summed E-state index contributed by atoms with van der Waals surface area (Å²) in [5, 5.41) is 0. The van der Waals surface area contributed by atoms with E-state index in [4.69, 9.17) is 0 Å². The van der Waals surface area contributed by atoms with Crippen LogP contribution in [0.4, 0.5) is 0 Å². The van der Waals surface area contributed by atoms with Crippen molar-refractivity contribution in [2.24, 2.45) is 0 Å². The molecule has 2 heterocycles. The van der Waals surface area contributed by atoms with E-state index in [1.807, 2.05) is 11.1 Å². The number of H-pyrrole nitrogens is 1. The molecule has 0 atom stereocenters. The van der Waals surface area contributed by atoms with Gasteiger partial charge in [-0.2, -0.15) is 0 Å². The number of hydrogen-bond acceptors (Lipinski definition) is 2. The predicted molar refractivity (Wildman–Crippen MR) is 48.2 cm³/mol. The SMILES string of the molecule is O=CN1CCC(c2cnc[nH]2)CC1. The summed E-state index contributed by atoms with van der Waals surface area (Å²) in [6.45, 7) is 1.74. The fourth-order valence-electron chi connectivity index (χ4n) is 1.81. The average Bonchev–Trinajstić information content (AvgIpc) is 2.71. The van der Waals surface area contributed by atoms with Crippen LogP contribution in [-0.4, -0.2) is 34.4 Å². The average molecular weight is 179 g/mol. The number of carbonyl (C=O) groups is 1. The second kappa shape index (κ2) is 3.60. The van der Waals surface area contributed by atoms with Crippen LogP contribution in [0.1, 0.15) is 24.5 Å². The number of piperidine rings is 1.